The molecule has 10 nitrogen and oxygen atoms in total. The summed E-state index contributed by atoms with van der Waals surface area (Å²) in [4.78, 5) is 41.4. The zero-order valence-corrected chi connectivity index (χ0v) is 18.9. The van der Waals surface area contributed by atoms with E-state index in [0.717, 1.165) is 0 Å². The average Bonchev–Trinajstić information content (AvgIpc) is 3.25. The zero-order valence-electron chi connectivity index (χ0n) is 18.9. The summed E-state index contributed by atoms with van der Waals surface area (Å²) in [7, 11) is 0. The van der Waals surface area contributed by atoms with Crippen molar-refractivity contribution in [2.45, 2.75) is 20.0 Å². The van der Waals surface area contributed by atoms with Crippen molar-refractivity contribution in [3.63, 3.8) is 0 Å². The van der Waals surface area contributed by atoms with Crippen molar-refractivity contribution in [3.05, 3.63) is 112 Å². The number of benzene rings is 2. The van der Waals surface area contributed by atoms with Gasteiger partial charge in [0, 0.05) is 17.8 Å². The van der Waals surface area contributed by atoms with E-state index >= 15 is 0 Å². The van der Waals surface area contributed by atoms with Crippen molar-refractivity contribution in [2.24, 2.45) is 0 Å². The molecule has 10 heteroatoms. The summed E-state index contributed by atoms with van der Waals surface area (Å²) in [6.45, 7) is 3.39. The third-order valence-electron chi connectivity index (χ3n) is 5.27. The second-order valence-electron chi connectivity index (χ2n) is 7.71. The molecule has 0 radical (unpaired) electrons. The number of nitrogens with one attached hydrogen (secondary N) is 1. The number of pyridine rings is 1. The molecule has 0 fully saturated rings. The number of amides is 1. The van der Waals surface area contributed by atoms with Crippen LogP contribution in [-0.4, -0.2) is 31.6 Å². The van der Waals surface area contributed by atoms with Gasteiger partial charge in [-0.1, -0.05) is 42.5 Å². The van der Waals surface area contributed by atoms with Gasteiger partial charge in [0.2, 0.25) is 6.10 Å². The van der Waals surface area contributed by atoms with Crippen LogP contribution in [0.2, 0.25) is 0 Å². The lowest BCUT2D eigenvalue weighted by Crippen LogP contribution is -2.26. The van der Waals surface area contributed by atoms with Crippen LogP contribution in [0, 0.1) is 24.0 Å². The molecule has 1 unspecified atom stereocenters. The number of rotatable bonds is 7. The third-order valence-corrected chi connectivity index (χ3v) is 5.27. The molecule has 35 heavy (non-hydrogen) atoms. The molecule has 2 aromatic carbocycles. The van der Waals surface area contributed by atoms with Gasteiger partial charge in [-0.05, 0) is 37.6 Å². The fraction of sp³-hybridized carbons (Fsp3) is 0.120. The summed E-state index contributed by atoms with van der Waals surface area (Å²) in [5.74, 6) is -0.980. The molecule has 4 rings (SSSR count). The quantitative estimate of drug-likeness (QED) is 0.241. The standard InChI is InChI=1S/C25H21N5O5/c1-16-11-12-20(21(14-16)30(33)34)28-24(31)23(18-8-4-3-5-9-18)35-25(32)19-15-27-29(17(19)2)22-10-6-7-13-26-22/h3-15,23H,1-2H3,(H,28,31). The van der Waals surface area contributed by atoms with E-state index in [1.54, 1.807) is 74.6 Å². The molecule has 1 atom stereocenters. The second-order valence-corrected chi connectivity index (χ2v) is 7.71. The van der Waals surface area contributed by atoms with E-state index in [0.29, 0.717) is 22.6 Å². The fourth-order valence-corrected chi connectivity index (χ4v) is 3.49. The van der Waals surface area contributed by atoms with Gasteiger partial charge in [0.1, 0.15) is 11.3 Å². The first-order valence-electron chi connectivity index (χ1n) is 10.6. The van der Waals surface area contributed by atoms with E-state index in [1.165, 1.54) is 23.0 Å². The Bertz CT molecular complexity index is 1390. The maximum atomic E-state index is 13.2. The highest BCUT2D eigenvalue weighted by molar-refractivity contribution is 5.99. The molecule has 1 amide bonds. The minimum atomic E-state index is -1.36. The molecule has 0 spiro atoms. The number of hydrogen-bond donors (Lipinski definition) is 1. The highest BCUT2D eigenvalue weighted by Gasteiger charge is 2.29. The highest BCUT2D eigenvalue weighted by Crippen LogP contribution is 2.28. The van der Waals surface area contributed by atoms with Crippen LogP contribution in [0.4, 0.5) is 11.4 Å². The number of aryl methyl sites for hydroxylation is 1. The number of carbonyl (C=O) groups excluding carboxylic acids is 2. The third kappa shape index (κ3) is 5.06. The van der Waals surface area contributed by atoms with Crippen LogP contribution >= 0.6 is 0 Å². The molecule has 1 N–H and O–H groups in total. The second kappa shape index (κ2) is 9.96. The maximum absolute atomic E-state index is 13.2. The molecule has 176 valence electrons. The van der Waals surface area contributed by atoms with Crippen molar-refractivity contribution in [3.8, 4) is 5.82 Å². The van der Waals surface area contributed by atoms with E-state index < -0.39 is 22.9 Å². The molecule has 0 aliphatic carbocycles. The van der Waals surface area contributed by atoms with Crippen molar-refractivity contribution < 1.29 is 19.2 Å². The molecule has 0 aliphatic heterocycles. The first-order valence-corrected chi connectivity index (χ1v) is 10.6. The van der Waals surface area contributed by atoms with Crippen molar-refractivity contribution in [1.82, 2.24) is 14.8 Å². The largest absolute Gasteiger partial charge is 0.444 e. The molecular weight excluding hydrogens is 450 g/mol. The van der Waals surface area contributed by atoms with Gasteiger partial charge < -0.3 is 10.1 Å². The first-order chi connectivity index (χ1) is 16.8. The SMILES string of the molecule is Cc1ccc(NC(=O)C(OC(=O)c2cnn(-c3ccccn3)c2C)c2ccccc2)c([N+](=O)[O-])c1. The Morgan fingerprint density at radius 2 is 1.80 bits per heavy atom. The van der Waals surface area contributed by atoms with Crippen LogP contribution in [0.15, 0.2) is 79.1 Å². The monoisotopic (exact) mass is 471 g/mol. The van der Waals surface area contributed by atoms with Gasteiger partial charge in [0.05, 0.1) is 16.8 Å². The summed E-state index contributed by atoms with van der Waals surface area (Å²) in [5.41, 5.74) is 1.45. The zero-order chi connectivity index (χ0) is 24.9. The van der Waals surface area contributed by atoms with Gasteiger partial charge in [-0.25, -0.2) is 14.5 Å². The van der Waals surface area contributed by atoms with E-state index in [-0.39, 0.29) is 16.9 Å². The smallest absolute Gasteiger partial charge is 0.342 e. The lowest BCUT2D eigenvalue weighted by atomic mass is 10.1. The number of hydrogen-bond acceptors (Lipinski definition) is 7. The summed E-state index contributed by atoms with van der Waals surface area (Å²) >= 11 is 0. The minimum absolute atomic E-state index is 0.00160. The Labute approximate surface area is 200 Å². The molecule has 0 aliphatic rings. The van der Waals surface area contributed by atoms with Gasteiger partial charge in [0.15, 0.2) is 5.82 Å². The molecule has 0 saturated heterocycles. The maximum Gasteiger partial charge on any atom is 0.342 e. The summed E-state index contributed by atoms with van der Waals surface area (Å²) in [5, 5.41) is 18.2. The van der Waals surface area contributed by atoms with E-state index in [2.05, 4.69) is 15.4 Å². The average molecular weight is 471 g/mol. The summed E-state index contributed by atoms with van der Waals surface area (Å²) in [6.07, 6.45) is 1.59. The number of nitrogens with zero attached hydrogens (tertiary/aromatic N) is 4. The lowest BCUT2D eigenvalue weighted by molar-refractivity contribution is -0.384. The van der Waals surface area contributed by atoms with Crippen LogP contribution in [0.25, 0.3) is 5.82 Å². The number of aromatic nitrogens is 3. The molecular formula is C25H21N5O5. The minimum Gasteiger partial charge on any atom is -0.444 e. The Morgan fingerprint density at radius 3 is 2.49 bits per heavy atom. The Morgan fingerprint density at radius 1 is 1.06 bits per heavy atom. The number of esters is 1. The Kier molecular flexibility index (Phi) is 6.63. The van der Waals surface area contributed by atoms with E-state index in [4.69, 9.17) is 4.74 Å². The lowest BCUT2D eigenvalue weighted by Gasteiger charge is -2.18. The number of anilines is 1. The summed E-state index contributed by atoms with van der Waals surface area (Å²) < 4.78 is 7.11. The van der Waals surface area contributed by atoms with Gasteiger partial charge in [0.25, 0.3) is 11.6 Å². The molecule has 0 bridgehead atoms. The van der Waals surface area contributed by atoms with Gasteiger partial charge in [-0.15, -0.1) is 0 Å². The number of ether oxygens (including phenoxy) is 1. The van der Waals surface area contributed by atoms with Crippen LogP contribution in [-0.2, 0) is 9.53 Å². The number of nitro benzene ring substituents is 1. The highest BCUT2D eigenvalue weighted by atomic mass is 16.6. The first kappa shape index (κ1) is 23.3. The molecule has 2 aromatic heterocycles. The number of carbonyl (C=O) groups is 2. The number of nitro groups is 1. The van der Waals surface area contributed by atoms with Crippen molar-refractivity contribution in [1.29, 1.82) is 0 Å². The Hall–Kier alpha value is -4.86. The normalized spacial score (nSPS) is 11.5. The predicted octanol–water partition coefficient (Wildman–Crippen LogP) is 4.33. The summed E-state index contributed by atoms with van der Waals surface area (Å²) in [6, 6.07) is 18.1. The van der Waals surface area contributed by atoms with Gasteiger partial charge >= 0.3 is 5.97 Å². The van der Waals surface area contributed by atoms with E-state index in [1.807, 2.05) is 0 Å². The topological polar surface area (TPSA) is 129 Å². The van der Waals surface area contributed by atoms with Crippen LogP contribution < -0.4 is 5.32 Å². The predicted molar refractivity (Wildman–Crippen MR) is 127 cm³/mol. The van der Waals surface area contributed by atoms with Crippen LogP contribution in [0.3, 0.4) is 0 Å². The molecule has 2 heterocycles. The molecule has 4 aromatic rings. The molecule has 0 saturated carbocycles. The van der Waals surface area contributed by atoms with Crippen molar-refractivity contribution in [2.75, 3.05) is 5.32 Å². The Balaban J connectivity index is 1.63. The van der Waals surface area contributed by atoms with Gasteiger partial charge in [-0.3, -0.25) is 14.9 Å². The fourth-order valence-electron chi connectivity index (χ4n) is 3.49. The van der Waals surface area contributed by atoms with E-state index in [9.17, 15) is 19.7 Å². The van der Waals surface area contributed by atoms with Crippen LogP contribution in [0.1, 0.15) is 33.3 Å². The van der Waals surface area contributed by atoms with Crippen molar-refractivity contribution >= 4 is 23.3 Å². The van der Waals surface area contributed by atoms with Gasteiger partial charge in [-0.2, -0.15) is 5.10 Å². The van der Waals surface area contributed by atoms with Crippen LogP contribution in [0.5, 0.6) is 0 Å².